The molecular weight excluding hydrogens is 240 g/mol. The topological polar surface area (TPSA) is 32.8 Å². The Morgan fingerprint density at radius 2 is 1.63 bits per heavy atom. The fourth-order valence-electron chi connectivity index (χ4n) is 3.12. The van der Waals surface area contributed by atoms with Gasteiger partial charge in [0.2, 0.25) is 0 Å². The van der Waals surface area contributed by atoms with Crippen LogP contribution in [-0.4, -0.2) is 52.7 Å². The molecule has 19 heavy (non-hydrogen) atoms. The molecule has 0 aromatic heterocycles. The Labute approximate surface area is 117 Å². The Balaban J connectivity index is 1.94. The summed E-state index contributed by atoms with van der Waals surface area (Å²) >= 11 is 0. The van der Waals surface area contributed by atoms with Crippen LogP contribution in [-0.2, 0) is 4.74 Å². The van der Waals surface area contributed by atoms with Crippen molar-refractivity contribution in [1.82, 2.24) is 9.80 Å². The molecule has 2 fully saturated rings. The van der Waals surface area contributed by atoms with Crippen LogP contribution in [0.5, 0.6) is 0 Å². The van der Waals surface area contributed by atoms with Crippen LogP contribution in [0.15, 0.2) is 0 Å². The van der Waals surface area contributed by atoms with Crippen molar-refractivity contribution >= 4 is 6.09 Å². The van der Waals surface area contributed by atoms with Crippen LogP contribution < -0.4 is 0 Å². The van der Waals surface area contributed by atoms with E-state index in [1.165, 1.54) is 0 Å². The molecule has 0 atom stereocenters. The van der Waals surface area contributed by atoms with Gasteiger partial charge in [0.25, 0.3) is 0 Å². The maximum absolute atomic E-state index is 12.2. The lowest BCUT2D eigenvalue weighted by Crippen LogP contribution is -2.66. The minimum absolute atomic E-state index is 0.0910. The van der Waals surface area contributed by atoms with E-state index in [0.717, 1.165) is 38.9 Å². The monoisotopic (exact) mass is 268 g/mol. The van der Waals surface area contributed by atoms with Gasteiger partial charge in [-0.2, -0.15) is 0 Å². The predicted molar refractivity (Wildman–Crippen MR) is 76.2 cm³/mol. The molecule has 0 aromatic carbocycles. The van der Waals surface area contributed by atoms with Gasteiger partial charge < -0.3 is 14.5 Å². The smallest absolute Gasteiger partial charge is 0.410 e. The van der Waals surface area contributed by atoms with E-state index in [1.54, 1.807) is 0 Å². The summed E-state index contributed by atoms with van der Waals surface area (Å²) in [5.41, 5.74) is -0.305. The van der Waals surface area contributed by atoms with Crippen molar-refractivity contribution in [3.05, 3.63) is 0 Å². The van der Waals surface area contributed by atoms with Gasteiger partial charge in [-0.3, -0.25) is 0 Å². The Morgan fingerprint density at radius 1 is 1.11 bits per heavy atom. The highest BCUT2D eigenvalue weighted by atomic mass is 16.6. The first-order valence-corrected chi connectivity index (χ1v) is 7.48. The standard InChI is InChI=1S/C15H28N2O2/c1-12(2)16-9-6-15(7-10-16)8-11-17(15)13(18)19-14(3,4)5/h12H,6-11H2,1-5H3. The number of rotatable bonds is 1. The Morgan fingerprint density at radius 3 is 2.00 bits per heavy atom. The van der Waals surface area contributed by atoms with E-state index >= 15 is 0 Å². The van der Waals surface area contributed by atoms with Gasteiger partial charge in [0.1, 0.15) is 5.60 Å². The third-order valence-corrected chi connectivity index (χ3v) is 4.45. The van der Waals surface area contributed by atoms with Crippen LogP contribution in [0.1, 0.15) is 53.9 Å². The normalized spacial score (nSPS) is 23.6. The highest BCUT2D eigenvalue weighted by Gasteiger charge is 2.50. The number of amides is 1. The molecule has 110 valence electrons. The van der Waals surface area contributed by atoms with Gasteiger partial charge in [-0.05, 0) is 53.9 Å². The van der Waals surface area contributed by atoms with Crippen LogP contribution in [0.4, 0.5) is 4.79 Å². The second-order valence-electron chi connectivity index (χ2n) is 7.24. The summed E-state index contributed by atoms with van der Waals surface area (Å²) in [5.74, 6) is 0. The zero-order valence-corrected chi connectivity index (χ0v) is 13.0. The number of likely N-dealkylation sites (tertiary alicyclic amines) is 2. The molecular formula is C15H28N2O2. The predicted octanol–water partition coefficient (Wildman–Crippen LogP) is 2.87. The minimum atomic E-state index is -0.396. The highest BCUT2D eigenvalue weighted by Crippen LogP contribution is 2.41. The summed E-state index contributed by atoms with van der Waals surface area (Å²) in [6, 6.07) is 0.604. The molecule has 2 saturated heterocycles. The summed E-state index contributed by atoms with van der Waals surface area (Å²) in [4.78, 5) is 16.7. The van der Waals surface area contributed by atoms with Crippen molar-refractivity contribution in [2.75, 3.05) is 19.6 Å². The number of nitrogens with zero attached hydrogens (tertiary/aromatic N) is 2. The van der Waals surface area contributed by atoms with Crippen LogP contribution in [0.3, 0.4) is 0 Å². The SMILES string of the molecule is CC(C)N1CCC2(CC1)CCN2C(=O)OC(C)(C)C. The molecule has 1 spiro atoms. The van der Waals surface area contributed by atoms with Gasteiger partial charge in [0.15, 0.2) is 0 Å². The first-order valence-electron chi connectivity index (χ1n) is 7.48. The molecule has 1 amide bonds. The van der Waals surface area contributed by atoms with Crippen LogP contribution >= 0.6 is 0 Å². The Kier molecular flexibility index (Phi) is 3.83. The van der Waals surface area contributed by atoms with Crippen molar-refractivity contribution in [3.63, 3.8) is 0 Å². The van der Waals surface area contributed by atoms with Gasteiger partial charge in [0.05, 0.1) is 5.54 Å². The van der Waals surface area contributed by atoms with Gasteiger partial charge in [-0.1, -0.05) is 0 Å². The van der Waals surface area contributed by atoms with Gasteiger partial charge in [-0.15, -0.1) is 0 Å². The van der Waals surface area contributed by atoms with Crippen LogP contribution in [0.2, 0.25) is 0 Å². The Bertz CT molecular complexity index is 339. The third-order valence-electron chi connectivity index (χ3n) is 4.45. The van der Waals surface area contributed by atoms with Crippen molar-refractivity contribution in [3.8, 4) is 0 Å². The molecule has 2 aliphatic rings. The van der Waals surface area contributed by atoms with E-state index in [-0.39, 0.29) is 11.6 Å². The maximum Gasteiger partial charge on any atom is 0.410 e. The molecule has 2 aliphatic heterocycles. The van der Waals surface area contributed by atoms with E-state index in [2.05, 4.69) is 18.7 Å². The molecule has 2 rings (SSSR count). The van der Waals surface area contributed by atoms with E-state index < -0.39 is 5.60 Å². The summed E-state index contributed by atoms with van der Waals surface area (Å²) < 4.78 is 5.52. The summed E-state index contributed by atoms with van der Waals surface area (Å²) in [5, 5.41) is 0. The van der Waals surface area contributed by atoms with Crippen molar-refractivity contribution in [2.24, 2.45) is 0 Å². The van der Waals surface area contributed by atoms with Crippen LogP contribution in [0.25, 0.3) is 0 Å². The van der Waals surface area contributed by atoms with E-state index in [9.17, 15) is 4.79 Å². The largest absolute Gasteiger partial charge is 0.444 e. The highest BCUT2D eigenvalue weighted by molar-refractivity contribution is 5.70. The fourth-order valence-corrected chi connectivity index (χ4v) is 3.12. The average Bonchev–Trinajstić information content (AvgIpc) is 2.25. The summed E-state index contributed by atoms with van der Waals surface area (Å²) in [7, 11) is 0. The number of hydrogen-bond acceptors (Lipinski definition) is 3. The lowest BCUT2D eigenvalue weighted by molar-refractivity contribution is -0.0719. The molecule has 0 aliphatic carbocycles. The zero-order valence-electron chi connectivity index (χ0n) is 13.0. The minimum Gasteiger partial charge on any atom is -0.444 e. The maximum atomic E-state index is 12.2. The van der Waals surface area contributed by atoms with Crippen molar-refractivity contribution < 1.29 is 9.53 Å². The van der Waals surface area contributed by atoms with Crippen LogP contribution in [0, 0.1) is 0 Å². The van der Waals surface area contributed by atoms with Crippen molar-refractivity contribution in [2.45, 2.75) is 71.1 Å². The van der Waals surface area contributed by atoms with E-state index in [4.69, 9.17) is 4.74 Å². The molecule has 0 bridgehead atoms. The average molecular weight is 268 g/mol. The van der Waals surface area contributed by atoms with Gasteiger partial charge >= 0.3 is 6.09 Å². The van der Waals surface area contributed by atoms with Gasteiger partial charge in [0, 0.05) is 25.7 Å². The molecule has 0 unspecified atom stereocenters. The summed E-state index contributed by atoms with van der Waals surface area (Å²) in [6.07, 6.45) is 3.18. The van der Waals surface area contributed by atoms with Gasteiger partial charge in [-0.25, -0.2) is 4.79 Å². The van der Waals surface area contributed by atoms with Crippen molar-refractivity contribution in [1.29, 1.82) is 0 Å². The molecule has 0 N–H and O–H groups in total. The van der Waals surface area contributed by atoms with E-state index in [1.807, 2.05) is 25.7 Å². The molecule has 0 aromatic rings. The number of carbonyl (C=O) groups excluding carboxylic acids is 1. The number of carbonyl (C=O) groups is 1. The number of ether oxygens (including phenoxy) is 1. The molecule has 0 radical (unpaired) electrons. The summed E-state index contributed by atoms with van der Waals surface area (Å²) in [6.45, 7) is 13.3. The molecule has 2 heterocycles. The fraction of sp³-hybridized carbons (Fsp3) is 0.933. The lowest BCUT2D eigenvalue weighted by Gasteiger charge is -2.56. The first-order chi connectivity index (χ1) is 8.73. The number of piperidine rings is 1. The molecule has 4 nitrogen and oxygen atoms in total. The van der Waals surface area contributed by atoms with E-state index in [0.29, 0.717) is 6.04 Å². The number of hydrogen-bond donors (Lipinski definition) is 0. The second-order valence-corrected chi connectivity index (χ2v) is 7.24. The third kappa shape index (κ3) is 3.04. The first kappa shape index (κ1) is 14.6. The quantitative estimate of drug-likeness (QED) is 0.733. The molecule has 4 heteroatoms. The molecule has 0 saturated carbocycles. The Hall–Kier alpha value is -0.770. The zero-order chi connectivity index (χ0) is 14.3. The second kappa shape index (κ2) is 4.97. The lowest BCUT2D eigenvalue weighted by atomic mass is 9.76.